The lowest BCUT2D eigenvalue weighted by atomic mass is 10.2. The molecule has 0 bridgehead atoms. The van der Waals surface area contributed by atoms with Crippen LogP contribution in [-0.4, -0.2) is 0 Å². The molecule has 0 fully saturated rings. The van der Waals surface area contributed by atoms with Gasteiger partial charge in [0, 0.05) is 0 Å². The molecular formula is C10H14. The molecule has 0 unspecified atom stereocenters. The maximum atomic E-state index is 3.66. The summed E-state index contributed by atoms with van der Waals surface area (Å²) in [5.74, 6) is 0. The summed E-state index contributed by atoms with van der Waals surface area (Å²) in [5, 5.41) is 0. The van der Waals surface area contributed by atoms with Crippen LogP contribution in [0.4, 0.5) is 0 Å². The first kappa shape index (κ1) is 8.96. The van der Waals surface area contributed by atoms with Gasteiger partial charge >= 0.3 is 0 Å². The minimum absolute atomic E-state index is 0. The molecular weight excluding hydrogens is 120 g/mol. The van der Waals surface area contributed by atoms with Crippen LogP contribution >= 0.6 is 0 Å². The molecule has 10 heavy (non-hydrogen) atoms. The van der Waals surface area contributed by atoms with E-state index in [0.717, 1.165) is 0 Å². The molecule has 0 nitrogen and oxygen atoms in total. The average Bonchev–Trinajstić information content (AvgIpc) is 1.90. The number of aryl methyl sites for hydroxylation is 1. The van der Waals surface area contributed by atoms with E-state index in [1.165, 1.54) is 11.1 Å². The highest BCUT2D eigenvalue weighted by atomic mass is 13.9. The van der Waals surface area contributed by atoms with Gasteiger partial charge in [-0.15, -0.1) is 0 Å². The Bertz CT molecular complexity index is 194. The van der Waals surface area contributed by atoms with Gasteiger partial charge < -0.3 is 0 Å². The highest BCUT2D eigenvalue weighted by Crippen LogP contribution is 2.02. The van der Waals surface area contributed by atoms with Crippen molar-refractivity contribution in [2.45, 2.75) is 14.4 Å². The average molecular weight is 134 g/mol. The van der Waals surface area contributed by atoms with Crippen molar-refractivity contribution in [3.63, 3.8) is 0 Å². The molecule has 0 aliphatic rings. The molecule has 0 aliphatic heterocycles. The normalized spacial score (nSPS) is 8.10. The van der Waals surface area contributed by atoms with E-state index in [4.69, 9.17) is 0 Å². The zero-order valence-corrected chi connectivity index (χ0v) is 5.59. The third kappa shape index (κ3) is 2.06. The summed E-state index contributed by atoms with van der Waals surface area (Å²) in [6.07, 6.45) is 1.85. The predicted octanol–water partition coefficient (Wildman–Crippen LogP) is 3.27. The van der Waals surface area contributed by atoms with Crippen molar-refractivity contribution in [2.75, 3.05) is 0 Å². The van der Waals surface area contributed by atoms with Gasteiger partial charge in [-0.3, -0.25) is 0 Å². The van der Waals surface area contributed by atoms with Crippen LogP contribution in [0.1, 0.15) is 18.6 Å². The third-order valence-electron chi connectivity index (χ3n) is 1.31. The fourth-order valence-electron chi connectivity index (χ4n) is 0.703. The highest BCUT2D eigenvalue weighted by Gasteiger charge is 1.82. The second kappa shape index (κ2) is 3.89. The standard InChI is InChI=1S/C9H10.CH4/c1-3-9-6-4-8(2)5-7-9;/h3-7H,1H2,2H3;1H4. The first-order valence-corrected chi connectivity index (χ1v) is 3.02. The van der Waals surface area contributed by atoms with Crippen LogP contribution < -0.4 is 0 Å². The first-order chi connectivity index (χ1) is 4.33. The fourth-order valence-corrected chi connectivity index (χ4v) is 0.703. The van der Waals surface area contributed by atoms with Crippen molar-refractivity contribution in [3.05, 3.63) is 42.0 Å². The minimum atomic E-state index is 0. The quantitative estimate of drug-likeness (QED) is 0.553. The number of benzene rings is 1. The van der Waals surface area contributed by atoms with E-state index < -0.39 is 0 Å². The van der Waals surface area contributed by atoms with Crippen molar-refractivity contribution >= 4 is 6.08 Å². The van der Waals surface area contributed by atoms with Crippen LogP contribution in [0.5, 0.6) is 0 Å². The first-order valence-electron chi connectivity index (χ1n) is 3.02. The summed E-state index contributed by atoms with van der Waals surface area (Å²) in [7, 11) is 0. The maximum Gasteiger partial charge on any atom is -0.0262 e. The molecule has 1 aromatic rings. The van der Waals surface area contributed by atoms with Crippen LogP contribution in [0.2, 0.25) is 0 Å². The van der Waals surface area contributed by atoms with Gasteiger partial charge in [-0.05, 0) is 12.5 Å². The molecule has 0 atom stereocenters. The maximum absolute atomic E-state index is 3.66. The molecule has 0 heteroatoms. The summed E-state index contributed by atoms with van der Waals surface area (Å²) in [6.45, 7) is 5.74. The number of rotatable bonds is 1. The van der Waals surface area contributed by atoms with Crippen molar-refractivity contribution < 1.29 is 0 Å². The second-order valence-electron chi connectivity index (χ2n) is 2.11. The van der Waals surface area contributed by atoms with E-state index >= 15 is 0 Å². The number of hydrogen-bond donors (Lipinski definition) is 0. The largest absolute Gasteiger partial charge is 0.0985 e. The molecule has 0 amide bonds. The van der Waals surface area contributed by atoms with Gasteiger partial charge in [-0.1, -0.05) is 49.9 Å². The predicted molar refractivity (Wildman–Crippen MR) is 48.0 cm³/mol. The Morgan fingerprint density at radius 2 is 1.70 bits per heavy atom. The van der Waals surface area contributed by atoms with Gasteiger partial charge in [0.1, 0.15) is 0 Å². The van der Waals surface area contributed by atoms with E-state index in [1.807, 2.05) is 6.08 Å². The molecule has 54 valence electrons. The Kier molecular flexibility index (Phi) is 3.48. The highest BCUT2D eigenvalue weighted by molar-refractivity contribution is 5.46. The van der Waals surface area contributed by atoms with Crippen LogP contribution in [0.15, 0.2) is 30.8 Å². The fraction of sp³-hybridized carbons (Fsp3) is 0.200. The Morgan fingerprint density at radius 1 is 1.20 bits per heavy atom. The lowest BCUT2D eigenvalue weighted by molar-refractivity contribution is 1.46. The van der Waals surface area contributed by atoms with Gasteiger partial charge in [0.25, 0.3) is 0 Å². The molecule has 0 spiro atoms. The summed E-state index contributed by atoms with van der Waals surface area (Å²) in [4.78, 5) is 0. The molecule has 1 aromatic carbocycles. The molecule has 0 aliphatic carbocycles. The summed E-state index contributed by atoms with van der Waals surface area (Å²) in [6, 6.07) is 8.28. The lowest BCUT2D eigenvalue weighted by Crippen LogP contribution is -1.71. The van der Waals surface area contributed by atoms with Gasteiger partial charge in [-0.25, -0.2) is 0 Å². The smallest absolute Gasteiger partial charge is 0.0262 e. The van der Waals surface area contributed by atoms with Crippen molar-refractivity contribution in [2.24, 2.45) is 0 Å². The third-order valence-corrected chi connectivity index (χ3v) is 1.31. The topological polar surface area (TPSA) is 0 Å². The van der Waals surface area contributed by atoms with E-state index in [0.29, 0.717) is 0 Å². The molecule has 0 heterocycles. The lowest BCUT2D eigenvalue weighted by Gasteiger charge is -1.91. The molecule has 0 aromatic heterocycles. The molecule has 0 radical (unpaired) electrons. The van der Waals surface area contributed by atoms with E-state index in [9.17, 15) is 0 Å². The zero-order chi connectivity index (χ0) is 6.69. The second-order valence-corrected chi connectivity index (χ2v) is 2.11. The van der Waals surface area contributed by atoms with Gasteiger partial charge in [0.2, 0.25) is 0 Å². The van der Waals surface area contributed by atoms with E-state index in [1.54, 1.807) is 0 Å². The minimum Gasteiger partial charge on any atom is -0.0985 e. The van der Waals surface area contributed by atoms with Crippen LogP contribution in [0.3, 0.4) is 0 Å². The summed E-state index contributed by atoms with van der Waals surface area (Å²) in [5.41, 5.74) is 2.47. The van der Waals surface area contributed by atoms with Crippen LogP contribution in [0, 0.1) is 6.92 Å². The van der Waals surface area contributed by atoms with Crippen molar-refractivity contribution in [3.8, 4) is 0 Å². The van der Waals surface area contributed by atoms with Gasteiger partial charge in [0.15, 0.2) is 0 Å². The Morgan fingerprint density at radius 3 is 2.10 bits per heavy atom. The molecule has 0 N–H and O–H groups in total. The van der Waals surface area contributed by atoms with Crippen molar-refractivity contribution in [1.29, 1.82) is 0 Å². The molecule has 0 saturated carbocycles. The van der Waals surface area contributed by atoms with E-state index in [2.05, 4.69) is 37.8 Å². The van der Waals surface area contributed by atoms with Crippen LogP contribution in [-0.2, 0) is 0 Å². The monoisotopic (exact) mass is 134 g/mol. The van der Waals surface area contributed by atoms with Gasteiger partial charge in [-0.2, -0.15) is 0 Å². The van der Waals surface area contributed by atoms with E-state index in [-0.39, 0.29) is 7.43 Å². The van der Waals surface area contributed by atoms with Crippen LogP contribution in [0.25, 0.3) is 6.08 Å². The van der Waals surface area contributed by atoms with Crippen molar-refractivity contribution in [1.82, 2.24) is 0 Å². The summed E-state index contributed by atoms with van der Waals surface area (Å²) < 4.78 is 0. The molecule has 0 saturated heterocycles. The SMILES string of the molecule is C.C=Cc1ccc(C)cc1. The Balaban J connectivity index is 0.000000810. The van der Waals surface area contributed by atoms with Gasteiger partial charge in [0.05, 0.1) is 0 Å². The summed E-state index contributed by atoms with van der Waals surface area (Å²) >= 11 is 0. The Hall–Kier alpha value is -1.04. The molecule has 1 rings (SSSR count). The zero-order valence-electron chi connectivity index (χ0n) is 5.59. The number of hydrogen-bond acceptors (Lipinski definition) is 0. The Labute approximate surface area is 63.2 Å².